The van der Waals surface area contributed by atoms with E-state index in [0.29, 0.717) is 11.2 Å². The lowest BCUT2D eigenvalue weighted by molar-refractivity contribution is 0.129. The molecule has 1 saturated heterocycles. The Morgan fingerprint density at radius 1 is 1.23 bits per heavy atom. The van der Waals surface area contributed by atoms with E-state index >= 15 is 0 Å². The zero-order chi connectivity index (χ0) is 10.6. The second-order valence-electron chi connectivity index (χ2n) is 3.94. The lowest BCUT2D eigenvalue weighted by atomic mass is 9.96. The molecule has 13 heavy (non-hydrogen) atoms. The summed E-state index contributed by atoms with van der Waals surface area (Å²) in [4.78, 5) is 0. The Bertz CT molecular complexity index is 146. The smallest absolute Gasteiger partial charge is 0.0819 e. The quantitative estimate of drug-likeness (QED) is 0.685. The van der Waals surface area contributed by atoms with Gasteiger partial charge in [-0.1, -0.05) is 49.3 Å². The first-order chi connectivity index (χ1) is 5.95. The molecule has 0 amide bonds. The van der Waals surface area contributed by atoms with E-state index in [2.05, 4.69) is 27.7 Å². The van der Waals surface area contributed by atoms with E-state index in [1.165, 1.54) is 0 Å². The maximum Gasteiger partial charge on any atom is 0.0819 e. The Morgan fingerprint density at radius 2 is 1.69 bits per heavy atom. The third kappa shape index (κ3) is 3.37. The number of aliphatic hydroxyl groups is 1. The fourth-order valence-corrected chi connectivity index (χ4v) is 4.87. The van der Waals surface area contributed by atoms with Crippen molar-refractivity contribution >= 4 is 21.6 Å². The first kappa shape index (κ1) is 13.7. The highest BCUT2D eigenvalue weighted by molar-refractivity contribution is 8.77. The molecular formula is C10H22OS2. The average molecular weight is 222 g/mol. The van der Waals surface area contributed by atoms with Crippen molar-refractivity contribution < 1.29 is 5.11 Å². The normalized spacial score (nSPS) is 31.4. The van der Waals surface area contributed by atoms with Gasteiger partial charge in [-0.05, 0) is 19.8 Å². The zero-order valence-corrected chi connectivity index (χ0v) is 11.1. The molecule has 0 aromatic carbocycles. The predicted molar refractivity (Wildman–Crippen MR) is 65.2 cm³/mol. The Labute approximate surface area is 90.5 Å². The summed E-state index contributed by atoms with van der Waals surface area (Å²) in [5.41, 5.74) is 0. The molecule has 0 aromatic heterocycles. The summed E-state index contributed by atoms with van der Waals surface area (Å²) < 4.78 is 0.0413. The molecule has 0 bridgehead atoms. The second kappa shape index (κ2) is 5.52. The second-order valence-corrected chi connectivity index (χ2v) is 6.97. The highest BCUT2D eigenvalue weighted by Gasteiger charge is 2.43. The standard InChI is InChI=1S/C8H16OS2.C2H6/c1-5(2)6-7(9)8(3,4)11-10-6;1-2/h5-7,9H,1-4H3;1-2H3. The molecular weight excluding hydrogens is 200 g/mol. The molecule has 3 heteroatoms. The fourth-order valence-electron chi connectivity index (χ4n) is 1.15. The molecule has 80 valence electrons. The van der Waals surface area contributed by atoms with Gasteiger partial charge in [0.05, 0.1) is 6.10 Å². The van der Waals surface area contributed by atoms with Crippen molar-refractivity contribution in [2.75, 3.05) is 0 Å². The molecule has 0 aliphatic carbocycles. The van der Waals surface area contributed by atoms with Crippen LogP contribution in [-0.4, -0.2) is 21.2 Å². The summed E-state index contributed by atoms with van der Waals surface area (Å²) in [6, 6.07) is 0. The Kier molecular flexibility index (Phi) is 5.80. The van der Waals surface area contributed by atoms with Crippen LogP contribution in [0.2, 0.25) is 0 Å². The van der Waals surface area contributed by atoms with Crippen molar-refractivity contribution in [1.82, 2.24) is 0 Å². The van der Waals surface area contributed by atoms with E-state index in [0.717, 1.165) is 0 Å². The van der Waals surface area contributed by atoms with Crippen molar-refractivity contribution in [3.8, 4) is 0 Å². The zero-order valence-electron chi connectivity index (χ0n) is 9.50. The first-order valence-electron chi connectivity index (χ1n) is 4.97. The highest BCUT2D eigenvalue weighted by Crippen LogP contribution is 2.52. The minimum Gasteiger partial charge on any atom is -0.390 e. The van der Waals surface area contributed by atoms with Crippen LogP contribution in [0.5, 0.6) is 0 Å². The van der Waals surface area contributed by atoms with E-state index in [4.69, 9.17) is 0 Å². The molecule has 1 aliphatic rings. The van der Waals surface area contributed by atoms with E-state index in [-0.39, 0.29) is 10.9 Å². The monoisotopic (exact) mass is 222 g/mol. The number of aliphatic hydroxyl groups excluding tert-OH is 1. The van der Waals surface area contributed by atoms with Crippen molar-refractivity contribution in [2.45, 2.75) is 57.6 Å². The van der Waals surface area contributed by atoms with E-state index in [1.54, 1.807) is 0 Å². The fraction of sp³-hybridized carbons (Fsp3) is 1.00. The maximum atomic E-state index is 9.85. The third-order valence-electron chi connectivity index (χ3n) is 2.05. The summed E-state index contributed by atoms with van der Waals surface area (Å²) in [7, 11) is 3.64. The molecule has 1 N–H and O–H groups in total. The number of hydrogen-bond donors (Lipinski definition) is 1. The lowest BCUT2D eigenvalue weighted by Crippen LogP contribution is -2.37. The van der Waals surface area contributed by atoms with Crippen molar-refractivity contribution in [3.05, 3.63) is 0 Å². The highest BCUT2D eigenvalue weighted by atomic mass is 33.1. The molecule has 1 rings (SSSR count). The van der Waals surface area contributed by atoms with Crippen molar-refractivity contribution in [3.63, 3.8) is 0 Å². The van der Waals surface area contributed by atoms with Crippen LogP contribution >= 0.6 is 21.6 Å². The van der Waals surface area contributed by atoms with Crippen LogP contribution < -0.4 is 0 Å². The van der Waals surface area contributed by atoms with Crippen LogP contribution in [0, 0.1) is 5.92 Å². The van der Waals surface area contributed by atoms with Crippen LogP contribution in [0.1, 0.15) is 41.5 Å². The summed E-state index contributed by atoms with van der Waals surface area (Å²) in [6.45, 7) is 12.6. The minimum atomic E-state index is -0.155. The molecule has 1 nitrogen and oxygen atoms in total. The molecule has 0 aromatic rings. The molecule has 0 radical (unpaired) electrons. The van der Waals surface area contributed by atoms with E-state index in [9.17, 15) is 5.11 Å². The minimum absolute atomic E-state index is 0.0413. The average Bonchev–Trinajstić information content (AvgIpc) is 2.32. The molecule has 1 fully saturated rings. The van der Waals surface area contributed by atoms with Gasteiger partial charge in [0, 0.05) is 10.00 Å². The molecule has 1 aliphatic heterocycles. The summed E-state index contributed by atoms with van der Waals surface area (Å²) >= 11 is 0. The van der Waals surface area contributed by atoms with Gasteiger partial charge in [0.2, 0.25) is 0 Å². The summed E-state index contributed by atoms with van der Waals surface area (Å²) in [5.74, 6) is 0.573. The summed E-state index contributed by atoms with van der Waals surface area (Å²) in [5, 5.41) is 10.3. The molecule has 1 heterocycles. The Morgan fingerprint density at radius 3 is 1.85 bits per heavy atom. The van der Waals surface area contributed by atoms with Crippen LogP contribution in [0.15, 0.2) is 0 Å². The largest absolute Gasteiger partial charge is 0.390 e. The molecule has 0 spiro atoms. The molecule has 2 unspecified atom stereocenters. The molecule has 0 saturated carbocycles. The van der Waals surface area contributed by atoms with Gasteiger partial charge < -0.3 is 5.11 Å². The van der Waals surface area contributed by atoms with Crippen molar-refractivity contribution in [1.29, 1.82) is 0 Å². The van der Waals surface area contributed by atoms with Crippen LogP contribution in [0.25, 0.3) is 0 Å². The number of rotatable bonds is 1. The number of hydrogen-bond acceptors (Lipinski definition) is 3. The van der Waals surface area contributed by atoms with Gasteiger partial charge >= 0.3 is 0 Å². The van der Waals surface area contributed by atoms with Gasteiger partial charge in [0.1, 0.15) is 0 Å². The maximum absolute atomic E-state index is 9.85. The van der Waals surface area contributed by atoms with Gasteiger partial charge in [-0.3, -0.25) is 0 Å². The van der Waals surface area contributed by atoms with Gasteiger partial charge in [0.25, 0.3) is 0 Å². The van der Waals surface area contributed by atoms with E-state index < -0.39 is 0 Å². The van der Waals surface area contributed by atoms with Gasteiger partial charge in [-0.15, -0.1) is 0 Å². The van der Waals surface area contributed by atoms with Gasteiger partial charge in [-0.25, -0.2) is 0 Å². The van der Waals surface area contributed by atoms with Gasteiger partial charge in [0.15, 0.2) is 0 Å². The van der Waals surface area contributed by atoms with Crippen LogP contribution in [0.3, 0.4) is 0 Å². The predicted octanol–water partition coefficient (Wildman–Crippen LogP) is 3.57. The first-order valence-corrected chi connectivity index (χ1v) is 7.19. The van der Waals surface area contributed by atoms with Gasteiger partial charge in [-0.2, -0.15) is 0 Å². The molecule has 2 atom stereocenters. The van der Waals surface area contributed by atoms with E-state index in [1.807, 2.05) is 35.4 Å². The third-order valence-corrected chi connectivity index (χ3v) is 6.09. The topological polar surface area (TPSA) is 20.2 Å². The van der Waals surface area contributed by atoms with Crippen LogP contribution in [-0.2, 0) is 0 Å². The lowest BCUT2D eigenvalue weighted by Gasteiger charge is -2.24. The Balaban J connectivity index is 0.000000671. The summed E-state index contributed by atoms with van der Waals surface area (Å²) in [6.07, 6.45) is -0.155. The Hall–Kier alpha value is 0.660. The van der Waals surface area contributed by atoms with Crippen LogP contribution in [0.4, 0.5) is 0 Å². The SMILES string of the molecule is CC.CC(C)C1SSC(C)(C)C1O. The van der Waals surface area contributed by atoms with Crippen molar-refractivity contribution in [2.24, 2.45) is 5.92 Å².